The van der Waals surface area contributed by atoms with Crippen LogP contribution >= 0.6 is 11.3 Å². The maximum Gasteiger partial charge on any atom is 0.170 e. The summed E-state index contributed by atoms with van der Waals surface area (Å²) in [6.45, 7) is 3.97. The fourth-order valence-electron chi connectivity index (χ4n) is 2.48. The Morgan fingerprint density at radius 1 is 1.05 bits per heavy atom. The molecule has 0 radical (unpaired) electrons. The number of benzene rings is 2. The first-order chi connectivity index (χ1) is 9.65. The molecular formula is C17H15NOS. The van der Waals surface area contributed by atoms with Crippen molar-refractivity contribution in [3.8, 4) is 0 Å². The normalized spacial score (nSPS) is 10.9. The van der Waals surface area contributed by atoms with Crippen LogP contribution < -0.4 is 0 Å². The van der Waals surface area contributed by atoms with Crippen LogP contribution in [0.15, 0.2) is 42.5 Å². The lowest BCUT2D eigenvalue weighted by Crippen LogP contribution is -2.07. The number of rotatable bonds is 3. The summed E-state index contributed by atoms with van der Waals surface area (Å²) in [5, 5.41) is 0.888. The van der Waals surface area contributed by atoms with Gasteiger partial charge in [0, 0.05) is 5.56 Å². The van der Waals surface area contributed by atoms with Gasteiger partial charge in [0.2, 0.25) is 0 Å². The lowest BCUT2D eigenvalue weighted by molar-refractivity contribution is 0.0992. The summed E-state index contributed by atoms with van der Waals surface area (Å²) in [4.78, 5) is 17.0. The number of nitrogens with zero attached hydrogens (tertiary/aromatic N) is 1. The number of thiazole rings is 1. The molecule has 0 aliphatic rings. The van der Waals surface area contributed by atoms with Crippen molar-refractivity contribution in [1.82, 2.24) is 4.98 Å². The molecule has 1 heterocycles. The molecule has 100 valence electrons. The minimum Gasteiger partial charge on any atom is -0.294 e. The lowest BCUT2D eigenvalue weighted by Gasteiger charge is -2.07. The van der Waals surface area contributed by atoms with Crippen molar-refractivity contribution < 1.29 is 4.79 Å². The molecule has 0 atom stereocenters. The molecule has 3 heteroatoms. The molecule has 0 aliphatic carbocycles. The summed E-state index contributed by atoms with van der Waals surface area (Å²) >= 11 is 1.60. The highest BCUT2D eigenvalue weighted by Crippen LogP contribution is 2.24. The Morgan fingerprint density at radius 2 is 1.75 bits per heavy atom. The van der Waals surface area contributed by atoms with Crippen LogP contribution in [0.1, 0.15) is 26.5 Å². The zero-order valence-electron chi connectivity index (χ0n) is 11.5. The van der Waals surface area contributed by atoms with Crippen molar-refractivity contribution >= 4 is 27.3 Å². The Hall–Kier alpha value is -2.00. The first-order valence-corrected chi connectivity index (χ1v) is 7.40. The van der Waals surface area contributed by atoms with Crippen LogP contribution in [-0.2, 0) is 6.42 Å². The zero-order chi connectivity index (χ0) is 14.1. The van der Waals surface area contributed by atoms with Crippen LogP contribution in [0.3, 0.4) is 0 Å². The Labute approximate surface area is 122 Å². The predicted octanol–water partition coefficient (Wildman–Crippen LogP) is 4.34. The Morgan fingerprint density at radius 3 is 2.45 bits per heavy atom. The number of carbonyl (C=O) groups is 1. The van der Waals surface area contributed by atoms with Gasteiger partial charge in [-0.15, -0.1) is 11.3 Å². The van der Waals surface area contributed by atoms with Gasteiger partial charge in [-0.3, -0.25) is 4.79 Å². The van der Waals surface area contributed by atoms with E-state index in [0.29, 0.717) is 6.42 Å². The first kappa shape index (κ1) is 13.0. The molecule has 0 aliphatic heterocycles. The van der Waals surface area contributed by atoms with Gasteiger partial charge in [-0.05, 0) is 37.1 Å². The van der Waals surface area contributed by atoms with Crippen LogP contribution in [0.5, 0.6) is 0 Å². The van der Waals surface area contributed by atoms with Crippen LogP contribution in [0.25, 0.3) is 10.2 Å². The quantitative estimate of drug-likeness (QED) is 0.668. The number of hydrogen-bond donors (Lipinski definition) is 0. The van der Waals surface area contributed by atoms with Crippen LogP contribution in [0.4, 0.5) is 0 Å². The standard InChI is InChI=1S/C17H15NOS/c1-11-6-5-7-12(2)17(11)14(19)10-16-18-13-8-3-4-9-15(13)20-16/h3-9H,10H2,1-2H3. The van der Waals surface area contributed by atoms with E-state index >= 15 is 0 Å². The van der Waals surface area contributed by atoms with E-state index in [0.717, 1.165) is 31.9 Å². The third kappa shape index (κ3) is 2.37. The molecule has 0 unspecified atom stereocenters. The number of carbonyl (C=O) groups excluding carboxylic acids is 1. The number of aryl methyl sites for hydroxylation is 2. The summed E-state index contributed by atoms with van der Waals surface area (Å²) in [5.74, 6) is 0.152. The van der Waals surface area contributed by atoms with E-state index < -0.39 is 0 Å². The second-order valence-corrected chi connectivity index (χ2v) is 6.06. The fraction of sp³-hybridized carbons (Fsp3) is 0.176. The molecule has 0 fully saturated rings. The summed E-state index contributed by atoms with van der Waals surface area (Å²) in [5.41, 5.74) is 3.89. The molecule has 3 aromatic rings. The van der Waals surface area contributed by atoms with Crippen molar-refractivity contribution in [3.63, 3.8) is 0 Å². The average molecular weight is 281 g/mol. The monoisotopic (exact) mass is 281 g/mol. The molecule has 0 spiro atoms. The van der Waals surface area contributed by atoms with Gasteiger partial charge >= 0.3 is 0 Å². The van der Waals surface area contributed by atoms with Gasteiger partial charge in [-0.1, -0.05) is 30.3 Å². The van der Waals surface area contributed by atoms with Crippen molar-refractivity contribution in [2.75, 3.05) is 0 Å². The molecule has 20 heavy (non-hydrogen) atoms. The zero-order valence-corrected chi connectivity index (χ0v) is 12.3. The number of Topliss-reactive ketones (excluding diaryl/α,β-unsaturated/α-hetero) is 1. The molecule has 3 rings (SSSR count). The minimum atomic E-state index is 0.152. The van der Waals surface area contributed by atoms with E-state index in [4.69, 9.17) is 0 Å². The second kappa shape index (κ2) is 5.17. The molecule has 0 saturated carbocycles. The van der Waals surface area contributed by atoms with Gasteiger partial charge in [-0.25, -0.2) is 4.98 Å². The Balaban J connectivity index is 1.92. The average Bonchev–Trinajstić information content (AvgIpc) is 2.80. The molecule has 0 bridgehead atoms. The summed E-state index contributed by atoms with van der Waals surface area (Å²) < 4.78 is 1.14. The second-order valence-electron chi connectivity index (χ2n) is 4.94. The maximum absolute atomic E-state index is 12.5. The maximum atomic E-state index is 12.5. The number of ketones is 1. The molecular weight excluding hydrogens is 266 g/mol. The van der Waals surface area contributed by atoms with Crippen LogP contribution in [0.2, 0.25) is 0 Å². The van der Waals surface area contributed by atoms with E-state index in [1.807, 2.05) is 56.3 Å². The van der Waals surface area contributed by atoms with Crippen molar-refractivity contribution in [3.05, 3.63) is 64.2 Å². The van der Waals surface area contributed by atoms with E-state index in [9.17, 15) is 4.79 Å². The topological polar surface area (TPSA) is 30.0 Å². The molecule has 0 amide bonds. The van der Waals surface area contributed by atoms with E-state index in [-0.39, 0.29) is 5.78 Å². The van der Waals surface area contributed by atoms with Gasteiger partial charge in [-0.2, -0.15) is 0 Å². The largest absolute Gasteiger partial charge is 0.294 e. The highest BCUT2D eigenvalue weighted by molar-refractivity contribution is 7.18. The number of para-hydroxylation sites is 1. The summed E-state index contributed by atoms with van der Waals surface area (Å²) in [6.07, 6.45) is 0.380. The van der Waals surface area contributed by atoms with Crippen LogP contribution in [0, 0.1) is 13.8 Å². The molecule has 1 aromatic heterocycles. The number of hydrogen-bond acceptors (Lipinski definition) is 3. The number of fused-ring (bicyclic) bond motifs is 1. The third-order valence-corrected chi connectivity index (χ3v) is 4.45. The smallest absolute Gasteiger partial charge is 0.170 e. The fourth-order valence-corrected chi connectivity index (χ4v) is 3.44. The van der Waals surface area contributed by atoms with Gasteiger partial charge in [0.15, 0.2) is 5.78 Å². The summed E-state index contributed by atoms with van der Waals surface area (Å²) in [7, 11) is 0. The SMILES string of the molecule is Cc1cccc(C)c1C(=O)Cc1nc2ccccc2s1. The van der Waals surface area contributed by atoms with Crippen LogP contribution in [-0.4, -0.2) is 10.8 Å². The van der Waals surface area contributed by atoms with Crippen molar-refractivity contribution in [2.24, 2.45) is 0 Å². The minimum absolute atomic E-state index is 0.152. The van der Waals surface area contributed by atoms with Gasteiger partial charge < -0.3 is 0 Å². The van der Waals surface area contributed by atoms with E-state index in [1.54, 1.807) is 11.3 Å². The predicted molar refractivity (Wildman–Crippen MR) is 83.6 cm³/mol. The van der Waals surface area contributed by atoms with Crippen molar-refractivity contribution in [1.29, 1.82) is 0 Å². The lowest BCUT2D eigenvalue weighted by atomic mass is 9.98. The molecule has 0 N–H and O–H groups in total. The Kier molecular flexibility index (Phi) is 3.36. The van der Waals surface area contributed by atoms with E-state index in [2.05, 4.69) is 4.98 Å². The van der Waals surface area contributed by atoms with Gasteiger partial charge in [0.25, 0.3) is 0 Å². The highest BCUT2D eigenvalue weighted by Gasteiger charge is 2.14. The molecule has 0 saturated heterocycles. The van der Waals surface area contributed by atoms with E-state index in [1.165, 1.54) is 0 Å². The third-order valence-electron chi connectivity index (χ3n) is 3.41. The molecule has 2 aromatic carbocycles. The highest BCUT2D eigenvalue weighted by atomic mass is 32.1. The number of aromatic nitrogens is 1. The van der Waals surface area contributed by atoms with Gasteiger partial charge in [0.05, 0.1) is 16.6 Å². The molecule has 2 nitrogen and oxygen atoms in total. The van der Waals surface area contributed by atoms with Crippen molar-refractivity contribution in [2.45, 2.75) is 20.3 Å². The first-order valence-electron chi connectivity index (χ1n) is 6.59. The van der Waals surface area contributed by atoms with Gasteiger partial charge in [0.1, 0.15) is 5.01 Å². The Bertz CT molecular complexity index is 735. The summed E-state index contributed by atoms with van der Waals surface area (Å²) in [6, 6.07) is 14.0.